The Hall–Kier alpha value is -2.88. The van der Waals surface area contributed by atoms with Crippen LogP contribution in [-0.2, 0) is 14.3 Å². The van der Waals surface area contributed by atoms with Gasteiger partial charge in [0.15, 0.2) is 0 Å². The fourth-order valence-corrected chi connectivity index (χ4v) is 1.35. The Balaban J connectivity index is 3.07. The van der Waals surface area contributed by atoms with Crippen LogP contribution in [0, 0.1) is 22.0 Å². The molecule has 0 aliphatic rings. The highest BCUT2D eigenvalue weighted by Crippen LogP contribution is 2.25. The summed E-state index contributed by atoms with van der Waals surface area (Å²) in [5.74, 6) is 3.54. The van der Waals surface area contributed by atoms with Crippen molar-refractivity contribution in [2.75, 3.05) is 11.9 Å². The molecule has 0 saturated heterocycles. The van der Waals surface area contributed by atoms with Crippen LogP contribution in [0.25, 0.3) is 0 Å². The monoisotopic (exact) mass is 276 g/mol. The molecule has 1 rings (SSSR count). The topological polar surface area (TPSA) is 98.5 Å². The number of nitro benzene ring substituents is 1. The van der Waals surface area contributed by atoms with Crippen molar-refractivity contribution in [3.63, 3.8) is 0 Å². The molecule has 0 bridgehead atoms. The second-order valence-corrected chi connectivity index (χ2v) is 3.64. The Kier molecular flexibility index (Phi) is 5.23. The molecule has 104 valence electrons. The van der Waals surface area contributed by atoms with Crippen molar-refractivity contribution in [1.29, 1.82) is 0 Å². The van der Waals surface area contributed by atoms with Gasteiger partial charge in [-0.15, -0.1) is 0 Å². The third kappa shape index (κ3) is 4.42. The van der Waals surface area contributed by atoms with Gasteiger partial charge in [0.1, 0.15) is 5.69 Å². The molecule has 0 fully saturated rings. The molecule has 1 aromatic carbocycles. The first-order valence-electron chi connectivity index (χ1n) is 5.68. The highest BCUT2D eigenvalue weighted by molar-refractivity contribution is 5.92. The summed E-state index contributed by atoms with van der Waals surface area (Å²) in [5.41, 5.74) is 0.0545. The maximum Gasteiger partial charge on any atom is 0.384 e. The summed E-state index contributed by atoms with van der Waals surface area (Å²) in [6.07, 6.45) is 0. The highest BCUT2D eigenvalue weighted by Gasteiger charge is 2.15. The summed E-state index contributed by atoms with van der Waals surface area (Å²) in [6, 6.07) is 4.00. The van der Waals surface area contributed by atoms with Gasteiger partial charge in [0.05, 0.1) is 11.5 Å². The number of hydrogen-bond donors (Lipinski definition) is 1. The van der Waals surface area contributed by atoms with Crippen LogP contribution >= 0.6 is 0 Å². The maximum atomic E-state index is 11.1. The van der Waals surface area contributed by atoms with Crippen molar-refractivity contribution < 1.29 is 19.2 Å². The molecule has 20 heavy (non-hydrogen) atoms. The molecule has 0 aromatic heterocycles. The fourth-order valence-electron chi connectivity index (χ4n) is 1.35. The minimum atomic E-state index is -0.707. The summed E-state index contributed by atoms with van der Waals surface area (Å²) >= 11 is 0. The molecule has 0 atom stereocenters. The van der Waals surface area contributed by atoms with Crippen LogP contribution in [0.5, 0.6) is 0 Å². The van der Waals surface area contributed by atoms with Crippen LogP contribution in [0.3, 0.4) is 0 Å². The SMILES string of the molecule is CCOC(=O)C#Cc1ccc(NC(C)=O)c([N+](=O)[O-])c1. The van der Waals surface area contributed by atoms with E-state index in [-0.39, 0.29) is 23.5 Å². The third-order valence-corrected chi connectivity index (χ3v) is 2.09. The maximum absolute atomic E-state index is 11.1. The predicted octanol–water partition coefficient (Wildman–Crippen LogP) is 1.47. The van der Waals surface area contributed by atoms with Gasteiger partial charge in [-0.25, -0.2) is 4.79 Å². The number of anilines is 1. The number of amides is 1. The normalized spacial score (nSPS) is 9.10. The van der Waals surface area contributed by atoms with E-state index in [4.69, 9.17) is 0 Å². The number of nitrogens with one attached hydrogen (secondary N) is 1. The lowest BCUT2D eigenvalue weighted by atomic mass is 10.1. The largest absolute Gasteiger partial charge is 0.456 e. The molecule has 0 heterocycles. The smallest absolute Gasteiger partial charge is 0.384 e. The molecule has 0 unspecified atom stereocenters. The lowest BCUT2D eigenvalue weighted by molar-refractivity contribution is -0.383. The van der Waals surface area contributed by atoms with Gasteiger partial charge >= 0.3 is 5.97 Å². The highest BCUT2D eigenvalue weighted by atomic mass is 16.6. The molecular weight excluding hydrogens is 264 g/mol. The lowest BCUT2D eigenvalue weighted by Gasteiger charge is -2.03. The zero-order chi connectivity index (χ0) is 15.1. The second-order valence-electron chi connectivity index (χ2n) is 3.64. The van der Waals surface area contributed by atoms with E-state index >= 15 is 0 Å². The van der Waals surface area contributed by atoms with E-state index in [9.17, 15) is 19.7 Å². The van der Waals surface area contributed by atoms with E-state index in [1.54, 1.807) is 6.92 Å². The van der Waals surface area contributed by atoms with Crippen LogP contribution in [-0.4, -0.2) is 23.4 Å². The van der Waals surface area contributed by atoms with Crippen molar-refractivity contribution in [3.8, 4) is 11.8 Å². The lowest BCUT2D eigenvalue weighted by Crippen LogP contribution is -2.08. The first kappa shape index (κ1) is 15.2. The van der Waals surface area contributed by atoms with Crippen LogP contribution in [0.1, 0.15) is 19.4 Å². The minimum Gasteiger partial charge on any atom is -0.456 e. The Morgan fingerprint density at radius 3 is 2.70 bits per heavy atom. The fraction of sp³-hybridized carbons (Fsp3) is 0.231. The molecule has 0 radical (unpaired) electrons. The van der Waals surface area contributed by atoms with Crippen LogP contribution in [0.15, 0.2) is 18.2 Å². The van der Waals surface area contributed by atoms with Gasteiger partial charge in [-0.05, 0) is 19.1 Å². The number of benzene rings is 1. The van der Waals surface area contributed by atoms with E-state index in [0.717, 1.165) is 0 Å². The van der Waals surface area contributed by atoms with E-state index in [2.05, 4.69) is 21.9 Å². The van der Waals surface area contributed by atoms with Crippen molar-refractivity contribution in [2.45, 2.75) is 13.8 Å². The average Bonchev–Trinajstić information content (AvgIpc) is 2.37. The first-order chi connectivity index (χ1) is 9.43. The summed E-state index contributed by atoms with van der Waals surface area (Å²) < 4.78 is 4.61. The number of nitro groups is 1. The Labute approximate surface area is 115 Å². The summed E-state index contributed by atoms with van der Waals surface area (Å²) in [4.78, 5) is 32.3. The number of esters is 1. The van der Waals surface area contributed by atoms with Gasteiger partial charge < -0.3 is 10.1 Å². The third-order valence-electron chi connectivity index (χ3n) is 2.09. The Morgan fingerprint density at radius 2 is 2.15 bits per heavy atom. The molecule has 1 aromatic rings. The molecule has 1 amide bonds. The van der Waals surface area contributed by atoms with Crippen molar-refractivity contribution in [3.05, 3.63) is 33.9 Å². The van der Waals surface area contributed by atoms with Gasteiger partial charge in [-0.3, -0.25) is 14.9 Å². The average molecular weight is 276 g/mol. The van der Waals surface area contributed by atoms with Crippen molar-refractivity contribution >= 4 is 23.3 Å². The van der Waals surface area contributed by atoms with Crippen LogP contribution < -0.4 is 5.32 Å². The Bertz CT molecular complexity index is 613. The van der Waals surface area contributed by atoms with Gasteiger partial charge in [-0.1, -0.05) is 5.92 Å². The molecule has 7 nitrogen and oxygen atoms in total. The zero-order valence-corrected chi connectivity index (χ0v) is 10.9. The summed E-state index contributed by atoms with van der Waals surface area (Å²) in [7, 11) is 0. The molecule has 1 N–H and O–H groups in total. The molecule has 7 heteroatoms. The number of nitrogens with zero attached hydrogens (tertiary/aromatic N) is 1. The summed E-state index contributed by atoms with van der Waals surface area (Å²) in [5, 5.41) is 13.3. The Morgan fingerprint density at radius 1 is 1.45 bits per heavy atom. The minimum absolute atomic E-state index is 0.0733. The predicted molar refractivity (Wildman–Crippen MR) is 70.9 cm³/mol. The number of carbonyl (C=O) groups is 2. The molecule has 0 spiro atoms. The molecule has 0 saturated carbocycles. The van der Waals surface area contributed by atoms with E-state index in [1.807, 2.05) is 0 Å². The molecular formula is C13H12N2O5. The van der Waals surface area contributed by atoms with Gasteiger partial charge in [0.25, 0.3) is 5.69 Å². The summed E-state index contributed by atoms with van der Waals surface area (Å²) in [6.45, 7) is 3.10. The van der Waals surface area contributed by atoms with Gasteiger partial charge in [-0.2, -0.15) is 0 Å². The van der Waals surface area contributed by atoms with Crippen molar-refractivity contribution in [1.82, 2.24) is 0 Å². The standard InChI is InChI=1S/C13H12N2O5/c1-3-20-13(17)7-5-10-4-6-11(14-9(2)16)12(8-10)15(18)19/h4,6,8H,3H2,1-2H3,(H,14,16). The van der Waals surface area contributed by atoms with Crippen LogP contribution in [0.4, 0.5) is 11.4 Å². The molecule has 0 aliphatic carbocycles. The van der Waals surface area contributed by atoms with E-state index in [1.165, 1.54) is 25.1 Å². The van der Waals surface area contributed by atoms with Crippen molar-refractivity contribution in [2.24, 2.45) is 0 Å². The number of ether oxygens (including phenoxy) is 1. The van der Waals surface area contributed by atoms with Gasteiger partial charge in [0.2, 0.25) is 5.91 Å². The number of rotatable bonds is 3. The van der Waals surface area contributed by atoms with E-state index < -0.39 is 16.8 Å². The molecule has 0 aliphatic heterocycles. The number of carbonyl (C=O) groups excluding carboxylic acids is 2. The first-order valence-corrected chi connectivity index (χ1v) is 5.68. The number of hydrogen-bond acceptors (Lipinski definition) is 5. The zero-order valence-electron chi connectivity index (χ0n) is 10.9. The van der Waals surface area contributed by atoms with Crippen LogP contribution in [0.2, 0.25) is 0 Å². The second kappa shape index (κ2) is 6.89. The van der Waals surface area contributed by atoms with E-state index in [0.29, 0.717) is 0 Å². The quantitative estimate of drug-likeness (QED) is 0.390. The van der Waals surface area contributed by atoms with Gasteiger partial charge in [0, 0.05) is 24.5 Å².